The van der Waals surface area contributed by atoms with Gasteiger partial charge >= 0.3 is 11.7 Å². The van der Waals surface area contributed by atoms with Gasteiger partial charge in [-0.25, -0.2) is 4.39 Å². The molecule has 0 radical (unpaired) electrons. The van der Waals surface area contributed by atoms with Crippen LogP contribution in [0.25, 0.3) is 0 Å². The fraction of sp³-hybridized carbons (Fsp3) is 0. The van der Waals surface area contributed by atoms with Crippen molar-refractivity contribution in [2.24, 2.45) is 0 Å². The third-order valence-corrected chi connectivity index (χ3v) is 1.74. The van der Waals surface area contributed by atoms with Crippen molar-refractivity contribution in [2.75, 3.05) is 0 Å². The number of hydrogen-bond donors (Lipinski definition) is 0. The van der Waals surface area contributed by atoms with Crippen molar-refractivity contribution >= 4 is 23.3 Å². The highest BCUT2D eigenvalue weighted by Gasteiger charge is 2.08. The Balaban J connectivity index is 3.16. The van der Waals surface area contributed by atoms with E-state index in [1.807, 2.05) is 0 Å². The summed E-state index contributed by atoms with van der Waals surface area (Å²) in [5, 5.41) is 0.0396. The van der Waals surface area contributed by atoms with Gasteiger partial charge in [0.15, 0.2) is 0 Å². The molecule has 0 aliphatic rings. The topological polar surface area (TPSA) is 17.1 Å². The Morgan fingerprint density at radius 2 is 2.20 bits per heavy atom. The molecular weight excluding hydrogens is 175 g/mol. The minimum Gasteiger partial charge on any atom is -0.205 e. The molecule has 1 rings (SSSR count). The second-order valence-electron chi connectivity index (χ2n) is 1.66. The highest BCUT2D eigenvalue weighted by Crippen LogP contribution is 2.15. The van der Waals surface area contributed by atoms with Crippen LogP contribution in [0.15, 0.2) is 23.1 Å². The van der Waals surface area contributed by atoms with Crippen molar-refractivity contribution in [3.05, 3.63) is 29.0 Å². The van der Waals surface area contributed by atoms with Gasteiger partial charge in [-0.3, -0.25) is 0 Å². The van der Waals surface area contributed by atoms with Crippen molar-refractivity contribution < 1.29 is 8.60 Å². The first kappa shape index (κ1) is 7.57. The summed E-state index contributed by atoms with van der Waals surface area (Å²) in [6.45, 7) is 0. The van der Waals surface area contributed by atoms with Gasteiger partial charge in [-0.2, -0.15) is 0 Å². The van der Waals surface area contributed by atoms with Crippen LogP contribution in [0.4, 0.5) is 4.39 Å². The van der Waals surface area contributed by atoms with Crippen LogP contribution in [0, 0.1) is 5.82 Å². The zero-order chi connectivity index (χ0) is 7.56. The van der Waals surface area contributed by atoms with E-state index in [9.17, 15) is 8.60 Å². The van der Waals surface area contributed by atoms with Gasteiger partial charge in [0.25, 0.3) is 4.90 Å². The molecule has 0 aliphatic heterocycles. The smallest absolute Gasteiger partial charge is 0.205 e. The molecule has 10 heavy (non-hydrogen) atoms. The van der Waals surface area contributed by atoms with Crippen molar-refractivity contribution in [2.45, 2.75) is 4.90 Å². The van der Waals surface area contributed by atoms with Crippen molar-refractivity contribution in [3.63, 3.8) is 0 Å². The molecule has 52 valence electrons. The van der Waals surface area contributed by atoms with E-state index in [1.54, 1.807) is 0 Å². The summed E-state index contributed by atoms with van der Waals surface area (Å²) < 4.78 is 22.6. The van der Waals surface area contributed by atoms with E-state index in [-0.39, 0.29) is 16.7 Å². The third kappa shape index (κ3) is 1.49. The second-order valence-corrected chi connectivity index (χ2v) is 2.70. The Hall–Kier alpha value is -0.540. The molecule has 0 aliphatic carbocycles. The highest BCUT2D eigenvalue weighted by molar-refractivity contribution is 7.65. The average molecular weight is 178 g/mol. The van der Waals surface area contributed by atoms with E-state index in [0.29, 0.717) is 4.90 Å². The number of benzene rings is 1. The summed E-state index contributed by atoms with van der Waals surface area (Å²) in [7, 11) is 0. The molecule has 1 aromatic carbocycles. The molecule has 0 saturated heterocycles. The first-order chi connectivity index (χ1) is 4.74. The maximum absolute atomic E-state index is 12.5. The molecular formula is C6H3ClFOS+. The first-order valence-corrected chi connectivity index (χ1v) is 3.61. The summed E-state index contributed by atoms with van der Waals surface area (Å²) in [5.74, 6) is -0.553. The monoisotopic (exact) mass is 177 g/mol. The molecule has 1 nitrogen and oxygen atoms in total. The second kappa shape index (κ2) is 3.03. The predicted octanol–water partition coefficient (Wildman–Crippen LogP) is 2.27. The molecule has 0 atom stereocenters. The van der Waals surface area contributed by atoms with Gasteiger partial charge in [0.1, 0.15) is 5.82 Å². The summed E-state index contributed by atoms with van der Waals surface area (Å²) in [6.07, 6.45) is 0. The van der Waals surface area contributed by atoms with E-state index in [0.717, 1.165) is 6.07 Å². The number of rotatable bonds is 1. The van der Waals surface area contributed by atoms with E-state index < -0.39 is 5.82 Å². The summed E-state index contributed by atoms with van der Waals surface area (Å²) in [4.78, 5) is 0.335. The Morgan fingerprint density at radius 3 is 2.70 bits per heavy atom. The molecule has 0 spiro atoms. The van der Waals surface area contributed by atoms with E-state index in [2.05, 4.69) is 0 Å². The average Bonchev–Trinajstić information content (AvgIpc) is 1.95. The molecule has 0 aromatic heterocycles. The summed E-state index contributed by atoms with van der Waals surface area (Å²) in [5.41, 5.74) is 0. The van der Waals surface area contributed by atoms with Crippen LogP contribution >= 0.6 is 11.6 Å². The van der Waals surface area contributed by atoms with Crippen LogP contribution in [0.2, 0.25) is 5.02 Å². The molecule has 0 fully saturated rings. The largest absolute Gasteiger partial charge is 0.505 e. The van der Waals surface area contributed by atoms with Crippen LogP contribution in [0.3, 0.4) is 0 Å². The van der Waals surface area contributed by atoms with Crippen molar-refractivity contribution in [1.82, 2.24) is 0 Å². The normalized spacial score (nSPS) is 9.40. The quantitative estimate of drug-likeness (QED) is 0.602. The minimum atomic E-state index is -0.553. The number of halogens is 2. The molecule has 0 heterocycles. The minimum absolute atomic E-state index is 0.0396. The Labute approximate surface area is 66.3 Å². The Morgan fingerprint density at radius 1 is 1.50 bits per heavy atom. The Kier molecular flexibility index (Phi) is 2.29. The maximum Gasteiger partial charge on any atom is 0.505 e. The zero-order valence-corrected chi connectivity index (χ0v) is 6.38. The third-order valence-electron chi connectivity index (χ3n) is 0.987. The fourth-order valence-corrected chi connectivity index (χ4v) is 0.921. The molecule has 4 heteroatoms. The van der Waals surface area contributed by atoms with Crippen LogP contribution < -0.4 is 0 Å². The van der Waals surface area contributed by atoms with Crippen molar-refractivity contribution in [1.29, 1.82) is 0 Å². The van der Waals surface area contributed by atoms with Gasteiger partial charge in [0, 0.05) is 16.3 Å². The predicted molar refractivity (Wildman–Crippen MR) is 37.7 cm³/mol. The summed E-state index contributed by atoms with van der Waals surface area (Å²) >= 11 is 5.59. The molecule has 0 saturated carbocycles. The highest BCUT2D eigenvalue weighted by atomic mass is 35.5. The molecule has 0 unspecified atom stereocenters. The van der Waals surface area contributed by atoms with E-state index >= 15 is 0 Å². The van der Waals surface area contributed by atoms with Gasteiger partial charge in [-0.15, -0.1) is 0 Å². The zero-order valence-electron chi connectivity index (χ0n) is 4.80. The van der Waals surface area contributed by atoms with Crippen LogP contribution in [-0.4, -0.2) is 0 Å². The Bertz CT molecular complexity index is 264. The lowest BCUT2D eigenvalue weighted by Crippen LogP contribution is -1.78. The van der Waals surface area contributed by atoms with Crippen LogP contribution in [0.5, 0.6) is 0 Å². The van der Waals surface area contributed by atoms with Gasteiger partial charge in [0.05, 0.1) is 5.02 Å². The van der Waals surface area contributed by atoms with E-state index in [4.69, 9.17) is 11.6 Å². The first-order valence-electron chi connectivity index (χ1n) is 2.49. The molecule has 1 aromatic rings. The van der Waals surface area contributed by atoms with Crippen molar-refractivity contribution in [3.8, 4) is 0 Å². The maximum atomic E-state index is 12.5. The van der Waals surface area contributed by atoms with Gasteiger partial charge < -0.3 is 0 Å². The fourth-order valence-electron chi connectivity index (χ4n) is 0.529. The lowest BCUT2D eigenvalue weighted by molar-refractivity contribution is 0.601. The van der Waals surface area contributed by atoms with Gasteiger partial charge in [-0.1, -0.05) is 11.6 Å². The SMILES string of the molecule is O=[S+]c1ccc(Cl)c(F)c1. The standard InChI is InChI=1S/C6H3ClFOS/c7-5-2-1-4(10-9)3-6(5)8/h1-3H/q+1. The lowest BCUT2D eigenvalue weighted by Gasteiger charge is -1.86. The number of hydrogen-bond acceptors (Lipinski definition) is 1. The van der Waals surface area contributed by atoms with Gasteiger partial charge in [-0.05, 0) is 6.07 Å². The lowest BCUT2D eigenvalue weighted by atomic mass is 10.3. The van der Waals surface area contributed by atoms with Crippen LogP contribution in [0.1, 0.15) is 0 Å². The summed E-state index contributed by atoms with van der Waals surface area (Å²) in [6, 6.07) is 3.94. The van der Waals surface area contributed by atoms with Crippen LogP contribution in [-0.2, 0) is 15.9 Å². The molecule has 0 bridgehead atoms. The van der Waals surface area contributed by atoms with E-state index in [1.165, 1.54) is 12.1 Å². The molecule has 0 N–H and O–H groups in total. The molecule has 0 amide bonds. The van der Waals surface area contributed by atoms with Gasteiger partial charge in [0.2, 0.25) is 0 Å².